The van der Waals surface area contributed by atoms with Gasteiger partial charge in [0.1, 0.15) is 5.82 Å². The summed E-state index contributed by atoms with van der Waals surface area (Å²) >= 11 is 0. The van der Waals surface area contributed by atoms with Crippen molar-refractivity contribution < 1.29 is 13.5 Å². The summed E-state index contributed by atoms with van der Waals surface area (Å²) < 4.78 is 26.6. The normalized spacial score (nSPS) is 11.3. The van der Waals surface area contributed by atoms with Crippen LogP contribution in [0.4, 0.5) is 5.82 Å². The Balaban J connectivity index is 2.14. The molecule has 0 unspecified atom stereocenters. The van der Waals surface area contributed by atoms with Crippen LogP contribution < -0.4 is 4.72 Å². The number of pyridine rings is 1. The third-order valence-electron chi connectivity index (χ3n) is 2.68. The van der Waals surface area contributed by atoms with E-state index in [4.69, 9.17) is 5.11 Å². The third-order valence-corrected chi connectivity index (χ3v) is 3.91. The van der Waals surface area contributed by atoms with Gasteiger partial charge in [0.05, 0.1) is 12.4 Å². The quantitative estimate of drug-likeness (QED) is 0.881. The Bertz CT molecular complexity index is 699. The molecule has 0 saturated carbocycles. The van der Waals surface area contributed by atoms with Gasteiger partial charge in [-0.05, 0) is 30.2 Å². The van der Waals surface area contributed by atoms with Crippen molar-refractivity contribution in [3.8, 4) is 0 Å². The maximum Gasteiger partial charge on any atom is 0.238 e. The van der Waals surface area contributed by atoms with Crippen molar-refractivity contribution in [2.24, 2.45) is 0 Å². The first kappa shape index (κ1) is 14.5. The standard InChI is InChI=1S/C14H16N2O3S/c1-11-4-2-7-14(15-11)16-20(18,19)10-13-6-3-5-12(8-13)9-17/h2-8,17H,9-10H2,1H3,(H,15,16). The van der Waals surface area contributed by atoms with Gasteiger partial charge < -0.3 is 5.11 Å². The zero-order chi connectivity index (χ0) is 14.6. The summed E-state index contributed by atoms with van der Waals surface area (Å²) in [7, 11) is -3.52. The number of anilines is 1. The molecule has 6 heteroatoms. The lowest BCUT2D eigenvalue weighted by Gasteiger charge is -2.08. The SMILES string of the molecule is Cc1cccc(NS(=O)(=O)Cc2cccc(CO)c2)n1. The second-order valence-electron chi connectivity index (χ2n) is 4.50. The first-order valence-corrected chi connectivity index (χ1v) is 7.76. The molecule has 0 saturated heterocycles. The number of aliphatic hydroxyl groups excluding tert-OH is 1. The van der Waals surface area contributed by atoms with Crippen molar-refractivity contribution in [1.29, 1.82) is 0 Å². The fourth-order valence-electron chi connectivity index (χ4n) is 1.83. The maximum atomic E-state index is 12.1. The number of aromatic nitrogens is 1. The average Bonchev–Trinajstić information content (AvgIpc) is 2.37. The molecule has 0 radical (unpaired) electrons. The van der Waals surface area contributed by atoms with E-state index in [1.807, 2.05) is 0 Å². The topological polar surface area (TPSA) is 79.3 Å². The zero-order valence-electron chi connectivity index (χ0n) is 11.1. The Morgan fingerprint density at radius 2 is 1.85 bits per heavy atom. The number of nitrogens with zero attached hydrogens (tertiary/aromatic N) is 1. The highest BCUT2D eigenvalue weighted by Gasteiger charge is 2.12. The number of sulfonamides is 1. The van der Waals surface area contributed by atoms with Crippen LogP contribution >= 0.6 is 0 Å². The summed E-state index contributed by atoms with van der Waals surface area (Å²) in [6, 6.07) is 12.0. The van der Waals surface area contributed by atoms with Gasteiger partial charge in [-0.3, -0.25) is 4.72 Å². The molecule has 20 heavy (non-hydrogen) atoms. The van der Waals surface area contributed by atoms with Crippen LogP contribution in [0.3, 0.4) is 0 Å². The minimum absolute atomic E-state index is 0.110. The van der Waals surface area contributed by atoms with Crippen LogP contribution in [0.25, 0.3) is 0 Å². The van der Waals surface area contributed by atoms with Crippen LogP contribution in [-0.4, -0.2) is 18.5 Å². The lowest BCUT2D eigenvalue weighted by molar-refractivity contribution is 0.282. The molecular formula is C14H16N2O3S. The molecule has 106 valence electrons. The van der Waals surface area contributed by atoms with Crippen LogP contribution in [0.2, 0.25) is 0 Å². The van der Waals surface area contributed by atoms with Gasteiger partial charge in [0.2, 0.25) is 10.0 Å². The third kappa shape index (κ3) is 4.04. The Morgan fingerprint density at radius 1 is 1.15 bits per heavy atom. The van der Waals surface area contributed by atoms with E-state index in [1.54, 1.807) is 49.4 Å². The van der Waals surface area contributed by atoms with E-state index in [-0.39, 0.29) is 12.4 Å². The van der Waals surface area contributed by atoms with E-state index in [0.29, 0.717) is 16.9 Å². The maximum absolute atomic E-state index is 12.1. The highest BCUT2D eigenvalue weighted by molar-refractivity contribution is 7.91. The molecule has 5 nitrogen and oxygen atoms in total. The molecule has 0 amide bonds. The summed E-state index contributed by atoms with van der Waals surface area (Å²) in [5.74, 6) is 0.152. The van der Waals surface area contributed by atoms with Gasteiger partial charge in [0.15, 0.2) is 0 Å². The fourth-order valence-corrected chi connectivity index (χ4v) is 2.96. The second kappa shape index (κ2) is 6.02. The number of hydrogen-bond acceptors (Lipinski definition) is 4. The van der Waals surface area contributed by atoms with Gasteiger partial charge in [-0.1, -0.05) is 30.3 Å². The van der Waals surface area contributed by atoms with Crippen molar-refractivity contribution in [2.75, 3.05) is 4.72 Å². The molecule has 0 spiro atoms. The number of aliphatic hydroxyl groups is 1. The minimum atomic E-state index is -3.52. The van der Waals surface area contributed by atoms with E-state index in [9.17, 15) is 8.42 Å². The zero-order valence-corrected chi connectivity index (χ0v) is 11.9. The summed E-state index contributed by atoms with van der Waals surface area (Å²) in [4.78, 5) is 4.10. The smallest absolute Gasteiger partial charge is 0.238 e. The molecule has 2 rings (SSSR count). The van der Waals surface area contributed by atoms with Crippen molar-refractivity contribution in [3.63, 3.8) is 0 Å². The molecule has 0 aliphatic carbocycles. The van der Waals surface area contributed by atoms with Crippen molar-refractivity contribution >= 4 is 15.8 Å². The molecule has 0 bridgehead atoms. The molecule has 1 aromatic heterocycles. The highest BCUT2D eigenvalue weighted by Crippen LogP contribution is 2.12. The Kier molecular flexibility index (Phi) is 4.36. The summed E-state index contributed by atoms with van der Waals surface area (Å²) in [5.41, 5.74) is 2.05. The van der Waals surface area contributed by atoms with Crippen LogP contribution in [0.1, 0.15) is 16.8 Å². The van der Waals surface area contributed by atoms with E-state index in [0.717, 1.165) is 5.69 Å². The average molecular weight is 292 g/mol. The summed E-state index contributed by atoms with van der Waals surface area (Å²) in [5, 5.41) is 9.05. The molecule has 0 atom stereocenters. The second-order valence-corrected chi connectivity index (χ2v) is 6.23. The van der Waals surface area contributed by atoms with Crippen molar-refractivity contribution in [1.82, 2.24) is 4.98 Å². The van der Waals surface area contributed by atoms with Gasteiger partial charge in [0.25, 0.3) is 0 Å². The lowest BCUT2D eigenvalue weighted by atomic mass is 10.1. The molecule has 0 aliphatic heterocycles. The van der Waals surface area contributed by atoms with Crippen LogP contribution in [0.15, 0.2) is 42.5 Å². The molecule has 0 fully saturated rings. The monoisotopic (exact) mass is 292 g/mol. The van der Waals surface area contributed by atoms with Crippen LogP contribution in [0, 0.1) is 6.92 Å². The van der Waals surface area contributed by atoms with Gasteiger partial charge in [0, 0.05) is 5.69 Å². The van der Waals surface area contributed by atoms with Crippen LogP contribution in [0.5, 0.6) is 0 Å². The van der Waals surface area contributed by atoms with Gasteiger partial charge in [-0.2, -0.15) is 0 Å². The molecular weight excluding hydrogens is 276 g/mol. The number of hydrogen-bond donors (Lipinski definition) is 2. The van der Waals surface area contributed by atoms with Crippen molar-refractivity contribution in [3.05, 3.63) is 59.3 Å². The molecule has 2 N–H and O–H groups in total. The molecule has 2 aromatic rings. The summed E-state index contributed by atoms with van der Waals surface area (Å²) in [6.45, 7) is 1.68. The Morgan fingerprint density at radius 3 is 2.55 bits per heavy atom. The predicted octanol–water partition coefficient (Wildman–Crippen LogP) is 1.82. The molecule has 0 aliphatic rings. The van der Waals surface area contributed by atoms with Gasteiger partial charge >= 0.3 is 0 Å². The Labute approximate surface area is 118 Å². The molecule has 1 heterocycles. The number of benzene rings is 1. The largest absolute Gasteiger partial charge is 0.392 e. The first-order valence-electron chi connectivity index (χ1n) is 6.11. The van der Waals surface area contributed by atoms with Crippen molar-refractivity contribution in [2.45, 2.75) is 19.3 Å². The first-order chi connectivity index (χ1) is 9.48. The lowest BCUT2D eigenvalue weighted by Crippen LogP contribution is -2.16. The summed E-state index contributed by atoms with van der Waals surface area (Å²) in [6.07, 6.45) is 0. The van der Waals surface area contributed by atoms with Gasteiger partial charge in [-0.15, -0.1) is 0 Å². The van der Waals surface area contributed by atoms with E-state index < -0.39 is 10.0 Å². The number of nitrogens with one attached hydrogen (secondary N) is 1. The number of aryl methyl sites for hydroxylation is 1. The minimum Gasteiger partial charge on any atom is -0.392 e. The van der Waals surface area contributed by atoms with E-state index in [1.165, 1.54) is 0 Å². The van der Waals surface area contributed by atoms with Crippen LogP contribution in [-0.2, 0) is 22.4 Å². The number of rotatable bonds is 5. The van der Waals surface area contributed by atoms with E-state index >= 15 is 0 Å². The molecule has 1 aromatic carbocycles. The Hall–Kier alpha value is -1.92. The highest BCUT2D eigenvalue weighted by atomic mass is 32.2. The predicted molar refractivity (Wildman–Crippen MR) is 77.6 cm³/mol. The fraction of sp³-hybridized carbons (Fsp3) is 0.214. The van der Waals surface area contributed by atoms with Gasteiger partial charge in [-0.25, -0.2) is 13.4 Å². The van der Waals surface area contributed by atoms with E-state index in [2.05, 4.69) is 9.71 Å².